The molecule has 0 atom stereocenters. The number of carboxylic acid groups (broad SMARTS) is 4. The van der Waals surface area contributed by atoms with E-state index in [1.54, 1.807) is 6.08 Å². The summed E-state index contributed by atoms with van der Waals surface area (Å²) in [6.45, 7) is 14.5. The fourth-order valence-corrected chi connectivity index (χ4v) is 0.143. The van der Waals surface area contributed by atoms with Gasteiger partial charge < -0.3 is 20.4 Å². The minimum atomic E-state index is -1.26. The zero-order valence-electron chi connectivity index (χ0n) is 13.3. The molecule has 4 N–H and O–H groups in total. The van der Waals surface area contributed by atoms with Gasteiger partial charge in [0.1, 0.15) is 0 Å². The molecular weight excluding hydrogens is 308 g/mol. The predicted octanol–water partition coefficient (Wildman–Crippen LogP) is 2.20. The SMILES string of the molecule is C=C(C)C(=O)O.C=C(C)C(=O)O.C=CC.O=C(O)/C=C/C(=O)O. The van der Waals surface area contributed by atoms with Crippen molar-refractivity contribution in [3.05, 3.63) is 49.1 Å². The van der Waals surface area contributed by atoms with Crippen LogP contribution in [0.5, 0.6) is 0 Å². The Morgan fingerprint density at radius 1 is 0.739 bits per heavy atom. The summed E-state index contributed by atoms with van der Waals surface area (Å²) in [5.41, 5.74) is 0.352. The monoisotopic (exact) mass is 330 g/mol. The summed E-state index contributed by atoms with van der Waals surface area (Å²) in [5, 5.41) is 31.4. The Kier molecular flexibility index (Phi) is 23.0. The van der Waals surface area contributed by atoms with Crippen molar-refractivity contribution in [2.45, 2.75) is 20.8 Å². The van der Waals surface area contributed by atoms with E-state index in [-0.39, 0.29) is 11.1 Å². The molecule has 8 heteroatoms. The maximum Gasteiger partial charge on any atom is 0.330 e. The Hall–Kier alpha value is -3.16. The van der Waals surface area contributed by atoms with E-state index in [1.807, 2.05) is 6.92 Å². The molecule has 0 saturated carbocycles. The normalized spacial score (nSPS) is 7.78. The van der Waals surface area contributed by atoms with Crippen molar-refractivity contribution in [2.24, 2.45) is 0 Å². The van der Waals surface area contributed by atoms with Crippen molar-refractivity contribution < 1.29 is 39.6 Å². The first-order valence-corrected chi connectivity index (χ1v) is 5.81. The molecule has 8 nitrogen and oxygen atoms in total. The highest BCUT2D eigenvalue weighted by Gasteiger charge is 1.90. The molecule has 0 aliphatic rings. The Bertz CT molecular complexity index is 408. The van der Waals surface area contributed by atoms with Crippen LogP contribution in [0.15, 0.2) is 49.1 Å². The van der Waals surface area contributed by atoms with E-state index in [0.717, 1.165) is 0 Å². The van der Waals surface area contributed by atoms with E-state index in [1.165, 1.54) is 13.8 Å². The minimum absolute atomic E-state index is 0.176. The van der Waals surface area contributed by atoms with E-state index < -0.39 is 23.9 Å². The Morgan fingerprint density at radius 3 is 0.913 bits per heavy atom. The van der Waals surface area contributed by atoms with Crippen LogP contribution < -0.4 is 0 Å². The predicted molar refractivity (Wildman–Crippen MR) is 85.2 cm³/mol. The zero-order chi connectivity index (χ0) is 19.6. The van der Waals surface area contributed by atoms with Crippen LogP contribution in [-0.4, -0.2) is 44.3 Å². The second-order valence-electron chi connectivity index (χ2n) is 3.59. The van der Waals surface area contributed by atoms with Crippen LogP contribution in [0.3, 0.4) is 0 Å². The number of allylic oxidation sites excluding steroid dienone is 1. The van der Waals surface area contributed by atoms with Crippen molar-refractivity contribution in [3.63, 3.8) is 0 Å². The summed E-state index contributed by atoms with van der Waals surface area (Å²) in [4.78, 5) is 38.3. The van der Waals surface area contributed by atoms with Gasteiger partial charge >= 0.3 is 23.9 Å². The zero-order valence-corrected chi connectivity index (χ0v) is 13.3. The van der Waals surface area contributed by atoms with Gasteiger partial charge in [-0.2, -0.15) is 0 Å². The molecule has 0 unspecified atom stereocenters. The molecule has 0 spiro atoms. The van der Waals surface area contributed by atoms with Crippen molar-refractivity contribution in [1.82, 2.24) is 0 Å². The van der Waals surface area contributed by atoms with Gasteiger partial charge in [0.05, 0.1) is 0 Å². The number of hydrogen-bond acceptors (Lipinski definition) is 4. The first-order valence-electron chi connectivity index (χ1n) is 5.81. The van der Waals surface area contributed by atoms with Gasteiger partial charge in [0.2, 0.25) is 0 Å². The lowest BCUT2D eigenvalue weighted by atomic mass is 10.4. The molecular formula is C15H22O8. The van der Waals surface area contributed by atoms with E-state index >= 15 is 0 Å². The molecule has 0 saturated heterocycles. The number of rotatable bonds is 4. The van der Waals surface area contributed by atoms with Gasteiger partial charge in [0.15, 0.2) is 0 Å². The van der Waals surface area contributed by atoms with Crippen LogP contribution in [0, 0.1) is 0 Å². The van der Waals surface area contributed by atoms with Gasteiger partial charge in [-0.25, -0.2) is 19.2 Å². The third-order valence-electron chi connectivity index (χ3n) is 1.10. The molecule has 0 amide bonds. The molecule has 23 heavy (non-hydrogen) atoms. The van der Waals surface area contributed by atoms with Gasteiger partial charge in [0, 0.05) is 23.3 Å². The Morgan fingerprint density at radius 2 is 0.870 bits per heavy atom. The van der Waals surface area contributed by atoms with E-state index in [2.05, 4.69) is 19.7 Å². The smallest absolute Gasteiger partial charge is 0.330 e. The standard InChI is InChI=1S/C4H4O4.2C4H6O2.C3H6/c5-3(6)1-2-4(7)8;2*1-3(2)4(5)6;1-3-2/h1-2H,(H,5,6)(H,7,8);2*1H2,2H3,(H,5,6);3H,1H2,2H3/b2-1+;;;. The lowest BCUT2D eigenvalue weighted by Crippen LogP contribution is -1.92. The summed E-state index contributed by atoms with van der Waals surface area (Å²) < 4.78 is 0. The molecule has 0 aliphatic heterocycles. The maximum absolute atomic E-state index is 9.60. The van der Waals surface area contributed by atoms with Gasteiger partial charge in [-0.15, -0.1) is 6.58 Å². The summed E-state index contributed by atoms with van der Waals surface area (Å²) >= 11 is 0. The molecule has 0 heterocycles. The summed E-state index contributed by atoms with van der Waals surface area (Å²) in [5.74, 6) is -4.38. The number of hydrogen-bond donors (Lipinski definition) is 4. The largest absolute Gasteiger partial charge is 0.478 e. The minimum Gasteiger partial charge on any atom is -0.478 e. The molecule has 0 rings (SSSR count). The highest BCUT2D eigenvalue weighted by Crippen LogP contribution is 1.81. The van der Waals surface area contributed by atoms with E-state index in [9.17, 15) is 19.2 Å². The third kappa shape index (κ3) is 55.2. The molecule has 130 valence electrons. The molecule has 0 aliphatic carbocycles. The van der Waals surface area contributed by atoms with Crippen LogP contribution in [0.1, 0.15) is 20.8 Å². The second kappa shape index (κ2) is 18.8. The Balaban J connectivity index is -0.000000110. The molecule has 0 radical (unpaired) electrons. The molecule has 0 bridgehead atoms. The summed E-state index contributed by atoms with van der Waals surface area (Å²) in [7, 11) is 0. The number of carbonyl (C=O) groups is 4. The third-order valence-corrected chi connectivity index (χ3v) is 1.10. The second-order valence-corrected chi connectivity index (χ2v) is 3.59. The van der Waals surface area contributed by atoms with Gasteiger partial charge in [-0.05, 0) is 20.8 Å². The van der Waals surface area contributed by atoms with Crippen LogP contribution in [0.25, 0.3) is 0 Å². The summed E-state index contributed by atoms with van der Waals surface area (Å²) in [6.07, 6.45) is 2.87. The van der Waals surface area contributed by atoms with Gasteiger partial charge in [0.25, 0.3) is 0 Å². The highest BCUT2D eigenvalue weighted by atomic mass is 16.4. The fraction of sp³-hybridized carbons (Fsp3) is 0.200. The number of aliphatic carboxylic acids is 4. The topological polar surface area (TPSA) is 149 Å². The first-order chi connectivity index (χ1) is 10.3. The van der Waals surface area contributed by atoms with Crippen LogP contribution in [0.2, 0.25) is 0 Å². The van der Waals surface area contributed by atoms with Crippen LogP contribution in [-0.2, 0) is 19.2 Å². The first kappa shape index (κ1) is 28.1. The van der Waals surface area contributed by atoms with Crippen molar-refractivity contribution in [2.75, 3.05) is 0 Å². The fourth-order valence-electron chi connectivity index (χ4n) is 0.143. The molecule has 0 aromatic carbocycles. The van der Waals surface area contributed by atoms with Crippen molar-refractivity contribution >= 4 is 23.9 Å². The molecule has 0 aromatic heterocycles. The van der Waals surface area contributed by atoms with Gasteiger partial charge in [-0.3, -0.25) is 0 Å². The van der Waals surface area contributed by atoms with Gasteiger partial charge in [-0.1, -0.05) is 19.2 Å². The lowest BCUT2D eigenvalue weighted by molar-refractivity contribution is -0.134. The maximum atomic E-state index is 9.60. The number of carboxylic acids is 4. The highest BCUT2D eigenvalue weighted by molar-refractivity contribution is 5.89. The quantitative estimate of drug-likeness (QED) is 0.452. The molecule has 0 aromatic rings. The van der Waals surface area contributed by atoms with E-state index in [4.69, 9.17) is 20.4 Å². The summed E-state index contributed by atoms with van der Waals surface area (Å²) in [6, 6.07) is 0. The van der Waals surface area contributed by atoms with E-state index in [0.29, 0.717) is 12.2 Å². The van der Waals surface area contributed by atoms with Crippen molar-refractivity contribution in [1.29, 1.82) is 0 Å². The lowest BCUT2D eigenvalue weighted by Gasteiger charge is -1.79. The van der Waals surface area contributed by atoms with Crippen LogP contribution in [0.4, 0.5) is 0 Å². The van der Waals surface area contributed by atoms with Crippen LogP contribution >= 0.6 is 0 Å². The Labute approximate surface area is 134 Å². The average Bonchev–Trinajstić information content (AvgIpc) is 2.38. The average molecular weight is 330 g/mol. The van der Waals surface area contributed by atoms with Crippen molar-refractivity contribution in [3.8, 4) is 0 Å². The molecule has 0 fully saturated rings.